The first-order chi connectivity index (χ1) is 6.59. The number of halogens is 2. The molecular weight excluding hydrogens is 314 g/mol. The lowest BCUT2D eigenvalue weighted by molar-refractivity contribution is -0.116. The minimum absolute atomic E-state index is 0.0222. The summed E-state index contributed by atoms with van der Waals surface area (Å²) in [6, 6.07) is -0.455. The minimum Gasteiger partial charge on any atom is -0.495 e. The number of carbonyl (C=O) groups excluding carboxylic acids is 1. The van der Waals surface area contributed by atoms with Crippen LogP contribution in [-0.4, -0.2) is 21.8 Å². The van der Waals surface area contributed by atoms with Crippen LogP contribution in [0.4, 0.5) is 0 Å². The third-order valence-corrected chi connectivity index (χ3v) is 3.62. The molecule has 1 heterocycles. The number of hydrogen-bond donors (Lipinski definition) is 2. The van der Waals surface area contributed by atoms with E-state index in [1.165, 1.54) is 0 Å². The summed E-state index contributed by atoms with van der Waals surface area (Å²) in [4.78, 5) is 11.7. The smallest absolute Gasteiger partial charge is 0.196 e. The molecule has 0 saturated carbocycles. The summed E-state index contributed by atoms with van der Waals surface area (Å²) in [7, 11) is 0. The zero-order valence-corrected chi connectivity index (χ0v) is 10.2. The third kappa shape index (κ3) is 1.54. The van der Waals surface area contributed by atoms with Crippen LogP contribution in [0.2, 0.25) is 0 Å². The highest BCUT2D eigenvalue weighted by Gasteiger charge is 2.34. The second-order valence-corrected chi connectivity index (χ2v) is 4.92. The van der Waals surface area contributed by atoms with Crippen LogP contribution in [0.3, 0.4) is 0 Å². The predicted octanol–water partition coefficient (Wildman–Crippen LogP) is 1.91. The lowest BCUT2D eigenvalue weighted by Gasteiger charge is -2.29. The van der Waals surface area contributed by atoms with Crippen molar-refractivity contribution < 1.29 is 9.90 Å². The maximum atomic E-state index is 11.7. The molecule has 0 spiro atoms. The Morgan fingerprint density at radius 3 is 2.86 bits per heavy atom. The Bertz CT molecular complexity index is 384. The maximum absolute atomic E-state index is 11.7. The number of aliphatic hydroxyl groups is 1. The summed E-state index contributed by atoms with van der Waals surface area (Å²) < 4.78 is 0.531. The molecule has 14 heavy (non-hydrogen) atoms. The fourth-order valence-electron chi connectivity index (χ4n) is 1.46. The lowest BCUT2D eigenvalue weighted by Crippen LogP contribution is -2.44. The molecule has 2 atom stereocenters. The first-order valence-electron chi connectivity index (χ1n) is 4.02. The molecule has 0 radical (unpaired) electrons. The summed E-state index contributed by atoms with van der Waals surface area (Å²) in [5.74, 6) is -0.0411. The number of alkyl halides is 1. The van der Waals surface area contributed by atoms with Gasteiger partial charge in [-0.3, -0.25) is 4.79 Å². The van der Waals surface area contributed by atoms with E-state index in [1.807, 2.05) is 0 Å². The molecule has 0 aromatic carbocycles. The fraction of sp³-hybridized carbons (Fsp3) is 0.222. The van der Waals surface area contributed by atoms with Gasteiger partial charge in [0.2, 0.25) is 0 Å². The van der Waals surface area contributed by atoms with Gasteiger partial charge < -0.3 is 10.4 Å². The van der Waals surface area contributed by atoms with E-state index in [1.54, 1.807) is 18.2 Å². The number of dihydropyridines is 1. The molecule has 5 heteroatoms. The zero-order chi connectivity index (χ0) is 10.3. The van der Waals surface area contributed by atoms with E-state index in [0.717, 1.165) is 5.57 Å². The van der Waals surface area contributed by atoms with Crippen LogP contribution in [0.1, 0.15) is 0 Å². The van der Waals surface area contributed by atoms with E-state index >= 15 is 0 Å². The van der Waals surface area contributed by atoms with Crippen LogP contribution < -0.4 is 5.32 Å². The van der Waals surface area contributed by atoms with Crippen molar-refractivity contribution in [2.24, 2.45) is 0 Å². The Kier molecular flexibility index (Phi) is 2.53. The van der Waals surface area contributed by atoms with E-state index in [2.05, 4.69) is 37.2 Å². The Hall–Kier alpha value is -0.550. The topological polar surface area (TPSA) is 49.3 Å². The Morgan fingerprint density at radius 2 is 2.14 bits per heavy atom. The standard InChI is InChI=1S/C9H7Br2NO2/c10-5-3-6(11)9(14)8-4(5)1-2-7(13)12-8/h1-3,5,8,12-13H. The van der Waals surface area contributed by atoms with Crippen LogP contribution in [-0.2, 0) is 4.79 Å². The van der Waals surface area contributed by atoms with Gasteiger partial charge >= 0.3 is 0 Å². The van der Waals surface area contributed by atoms with Gasteiger partial charge in [0.15, 0.2) is 11.7 Å². The SMILES string of the molecule is O=C1C(Br)=CC(Br)C2=CC=C(O)NC12. The number of nitrogens with one attached hydrogen (secondary N) is 1. The van der Waals surface area contributed by atoms with E-state index in [0.29, 0.717) is 4.48 Å². The molecule has 0 amide bonds. The van der Waals surface area contributed by atoms with Gasteiger partial charge in [0.25, 0.3) is 0 Å². The minimum atomic E-state index is -0.455. The van der Waals surface area contributed by atoms with Crippen LogP contribution >= 0.6 is 31.9 Å². The Balaban J connectivity index is 2.43. The van der Waals surface area contributed by atoms with Crippen molar-refractivity contribution in [3.05, 3.63) is 34.2 Å². The van der Waals surface area contributed by atoms with Crippen LogP contribution in [0, 0.1) is 0 Å². The number of fused-ring (bicyclic) bond motifs is 1. The van der Waals surface area contributed by atoms with Crippen molar-refractivity contribution >= 4 is 37.6 Å². The number of allylic oxidation sites excluding steroid dienone is 3. The fourth-order valence-corrected chi connectivity index (χ4v) is 2.99. The lowest BCUT2D eigenvalue weighted by atomic mass is 9.92. The van der Waals surface area contributed by atoms with Crippen molar-refractivity contribution in [1.29, 1.82) is 0 Å². The third-order valence-electron chi connectivity index (χ3n) is 2.17. The molecule has 1 aliphatic carbocycles. The molecule has 1 aliphatic heterocycles. The molecule has 2 aliphatic rings. The second kappa shape index (κ2) is 3.55. The monoisotopic (exact) mass is 319 g/mol. The summed E-state index contributed by atoms with van der Waals surface area (Å²) in [5.41, 5.74) is 0.913. The highest BCUT2D eigenvalue weighted by molar-refractivity contribution is 9.12. The zero-order valence-electron chi connectivity index (χ0n) is 7.00. The molecule has 0 aromatic rings. The molecule has 3 nitrogen and oxygen atoms in total. The van der Waals surface area contributed by atoms with E-state index in [-0.39, 0.29) is 16.5 Å². The summed E-state index contributed by atoms with van der Waals surface area (Å²) in [5, 5.41) is 12.0. The highest BCUT2D eigenvalue weighted by Crippen LogP contribution is 2.31. The Labute approximate surface area is 97.8 Å². The van der Waals surface area contributed by atoms with Crippen molar-refractivity contribution in [3.63, 3.8) is 0 Å². The van der Waals surface area contributed by atoms with Gasteiger partial charge in [-0.25, -0.2) is 0 Å². The average Bonchev–Trinajstić information content (AvgIpc) is 2.14. The van der Waals surface area contributed by atoms with E-state index in [4.69, 9.17) is 0 Å². The first-order valence-corrected chi connectivity index (χ1v) is 5.73. The van der Waals surface area contributed by atoms with Gasteiger partial charge in [-0.15, -0.1) is 0 Å². The Morgan fingerprint density at radius 1 is 1.43 bits per heavy atom. The van der Waals surface area contributed by atoms with Crippen LogP contribution in [0.15, 0.2) is 34.2 Å². The van der Waals surface area contributed by atoms with Gasteiger partial charge in [-0.05, 0) is 33.7 Å². The molecule has 2 N–H and O–H groups in total. The summed E-state index contributed by atoms with van der Waals surface area (Å²) in [6.45, 7) is 0. The van der Waals surface area contributed by atoms with Crippen molar-refractivity contribution in [3.8, 4) is 0 Å². The summed E-state index contributed by atoms with van der Waals surface area (Å²) >= 11 is 6.63. The van der Waals surface area contributed by atoms with Gasteiger partial charge in [0, 0.05) is 0 Å². The molecule has 0 bridgehead atoms. The van der Waals surface area contributed by atoms with Crippen molar-refractivity contribution in [2.45, 2.75) is 10.9 Å². The normalized spacial score (nSPS) is 31.0. The van der Waals surface area contributed by atoms with Gasteiger partial charge in [0.1, 0.15) is 6.04 Å². The van der Waals surface area contributed by atoms with E-state index < -0.39 is 6.04 Å². The number of aliphatic hydroxyl groups excluding tert-OH is 1. The van der Waals surface area contributed by atoms with Gasteiger partial charge in [-0.1, -0.05) is 22.0 Å². The van der Waals surface area contributed by atoms with Crippen molar-refractivity contribution in [2.75, 3.05) is 0 Å². The largest absolute Gasteiger partial charge is 0.495 e. The molecule has 74 valence electrons. The number of carbonyl (C=O) groups is 1. The molecule has 2 unspecified atom stereocenters. The first kappa shape index (κ1) is 9.98. The number of Topliss-reactive ketones (excluding diaryl/α,β-unsaturated/α-hetero) is 1. The maximum Gasteiger partial charge on any atom is 0.196 e. The van der Waals surface area contributed by atoms with Gasteiger partial charge in [-0.2, -0.15) is 0 Å². The molecule has 0 fully saturated rings. The molecule has 0 aromatic heterocycles. The number of hydrogen-bond acceptors (Lipinski definition) is 3. The summed E-state index contributed by atoms with van der Waals surface area (Å²) in [6.07, 6.45) is 5.09. The van der Waals surface area contributed by atoms with Gasteiger partial charge in [0.05, 0.1) is 9.31 Å². The average molecular weight is 321 g/mol. The molecular formula is C9H7Br2NO2. The predicted molar refractivity (Wildman–Crippen MR) is 60.5 cm³/mol. The number of rotatable bonds is 0. The van der Waals surface area contributed by atoms with Crippen LogP contribution in [0.5, 0.6) is 0 Å². The highest BCUT2D eigenvalue weighted by atomic mass is 79.9. The van der Waals surface area contributed by atoms with Crippen molar-refractivity contribution in [1.82, 2.24) is 5.32 Å². The van der Waals surface area contributed by atoms with Crippen LogP contribution in [0.25, 0.3) is 0 Å². The molecule has 2 rings (SSSR count). The quantitative estimate of drug-likeness (QED) is 0.670. The molecule has 0 saturated heterocycles. The second-order valence-electron chi connectivity index (χ2n) is 3.08. The number of ketones is 1. The van der Waals surface area contributed by atoms with E-state index in [9.17, 15) is 9.90 Å².